The molecule has 60 valence electrons. The lowest BCUT2D eigenvalue weighted by molar-refractivity contribution is 0.281. The molecule has 0 fully saturated rings. The highest BCUT2D eigenvalue weighted by Gasteiger charge is 2.02. The third kappa shape index (κ3) is 1.73. The van der Waals surface area contributed by atoms with E-state index in [4.69, 9.17) is 5.11 Å². The molecule has 0 atom stereocenters. The van der Waals surface area contributed by atoms with E-state index in [0.29, 0.717) is 0 Å². The van der Waals surface area contributed by atoms with Crippen LogP contribution in [-0.2, 0) is 6.61 Å². The second kappa shape index (κ2) is 3.54. The third-order valence-electron chi connectivity index (χ3n) is 1.86. The Labute approximate surface area is 80.6 Å². The fourth-order valence-electron chi connectivity index (χ4n) is 1.03. The standard InChI is InChI=1S/C9H11IO/c1-6-3-4-8(5-11)7(2)9(6)10/h3-4,11H,5H2,1-2H3. The van der Waals surface area contributed by atoms with Crippen molar-refractivity contribution in [1.82, 2.24) is 0 Å². The largest absolute Gasteiger partial charge is 0.392 e. The summed E-state index contributed by atoms with van der Waals surface area (Å²) >= 11 is 2.31. The number of hydrogen-bond acceptors (Lipinski definition) is 1. The van der Waals surface area contributed by atoms with Gasteiger partial charge in [-0.2, -0.15) is 0 Å². The predicted molar refractivity (Wildman–Crippen MR) is 54.6 cm³/mol. The molecule has 1 N–H and O–H groups in total. The summed E-state index contributed by atoms with van der Waals surface area (Å²) in [6, 6.07) is 4.02. The van der Waals surface area contributed by atoms with E-state index >= 15 is 0 Å². The molecule has 0 unspecified atom stereocenters. The fraction of sp³-hybridized carbons (Fsp3) is 0.333. The van der Waals surface area contributed by atoms with Crippen LogP contribution in [0.1, 0.15) is 16.7 Å². The van der Waals surface area contributed by atoms with Crippen molar-refractivity contribution in [2.75, 3.05) is 0 Å². The lowest BCUT2D eigenvalue weighted by atomic mass is 10.1. The van der Waals surface area contributed by atoms with Crippen molar-refractivity contribution in [2.45, 2.75) is 20.5 Å². The van der Waals surface area contributed by atoms with Gasteiger partial charge in [0, 0.05) is 3.57 Å². The number of benzene rings is 1. The molecule has 0 spiro atoms. The number of rotatable bonds is 1. The highest BCUT2D eigenvalue weighted by molar-refractivity contribution is 14.1. The van der Waals surface area contributed by atoms with Crippen LogP contribution in [0.3, 0.4) is 0 Å². The molecule has 0 heterocycles. The number of aliphatic hydroxyl groups is 1. The molecule has 11 heavy (non-hydrogen) atoms. The Kier molecular flexibility index (Phi) is 2.90. The molecule has 2 heteroatoms. The van der Waals surface area contributed by atoms with Crippen LogP contribution in [0, 0.1) is 17.4 Å². The molecule has 1 aromatic rings. The average Bonchev–Trinajstić information content (AvgIpc) is 2.01. The predicted octanol–water partition coefficient (Wildman–Crippen LogP) is 2.40. The number of halogens is 1. The molecule has 0 bridgehead atoms. The second-order valence-corrected chi connectivity index (χ2v) is 3.72. The molecule has 0 saturated carbocycles. The normalized spacial score (nSPS) is 10.2. The maximum Gasteiger partial charge on any atom is 0.0684 e. The van der Waals surface area contributed by atoms with Crippen molar-refractivity contribution in [3.8, 4) is 0 Å². The maximum atomic E-state index is 8.93. The summed E-state index contributed by atoms with van der Waals surface area (Å²) in [5, 5.41) is 8.93. The van der Waals surface area contributed by atoms with E-state index in [0.717, 1.165) is 5.56 Å². The number of aryl methyl sites for hydroxylation is 1. The first-order valence-electron chi connectivity index (χ1n) is 3.52. The Bertz CT molecular complexity index is 269. The minimum atomic E-state index is 0.141. The monoisotopic (exact) mass is 262 g/mol. The van der Waals surface area contributed by atoms with Crippen molar-refractivity contribution in [3.05, 3.63) is 32.4 Å². The Morgan fingerprint density at radius 2 is 2.00 bits per heavy atom. The van der Waals surface area contributed by atoms with Crippen LogP contribution in [0.25, 0.3) is 0 Å². The van der Waals surface area contributed by atoms with Gasteiger partial charge in [-0.05, 0) is 53.1 Å². The van der Waals surface area contributed by atoms with Crippen LogP contribution < -0.4 is 0 Å². The van der Waals surface area contributed by atoms with Crippen molar-refractivity contribution in [1.29, 1.82) is 0 Å². The van der Waals surface area contributed by atoms with Crippen LogP contribution in [0.5, 0.6) is 0 Å². The zero-order valence-corrected chi connectivity index (χ0v) is 8.84. The molecule has 1 rings (SSSR count). The summed E-state index contributed by atoms with van der Waals surface area (Å²) < 4.78 is 1.26. The quantitative estimate of drug-likeness (QED) is 0.770. The van der Waals surface area contributed by atoms with Gasteiger partial charge in [0.05, 0.1) is 6.61 Å². The van der Waals surface area contributed by atoms with Crippen molar-refractivity contribution in [3.63, 3.8) is 0 Å². The van der Waals surface area contributed by atoms with E-state index < -0.39 is 0 Å². The molecule has 0 aliphatic heterocycles. The topological polar surface area (TPSA) is 20.2 Å². The van der Waals surface area contributed by atoms with E-state index in [2.05, 4.69) is 29.5 Å². The van der Waals surface area contributed by atoms with Gasteiger partial charge in [-0.15, -0.1) is 0 Å². The van der Waals surface area contributed by atoms with Crippen LogP contribution in [-0.4, -0.2) is 5.11 Å². The van der Waals surface area contributed by atoms with Crippen LogP contribution >= 0.6 is 22.6 Å². The first-order chi connectivity index (χ1) is 5.16. The van der Waals surface area contributed by atoms with E-state index in [1.165, 1.54) is 14.7 Å². The molecular formula is C9H11IO. The number of aliphatic hydroxyl groups excluding tert-OH is 1. The van der Waals surface area contributed by atoms with E-state index in [1.54, 1.807) is 0 Å². The van der Waals surface area contributed by atoms with Crippen molar-refractivity contribution < 1.29 is 5.11 Å². The van der Waals surface area contributed by atoms with Crippen LogP contribution in [0.15, 0.2) is 12.1 Å². The smallest absolute Gasteiger partial charge is 0.0684 e. The van der Waals surface area contributed by atoms with Crippen LogP contribution in [0.4, 0.5) is 0 Å². The molecule has 0 aliphatic rings. The lowest BCUT2D eigenvalue weighted by Crippen LogP contribution is -1.93. The highest BCUT2D eigenvalue weighted by atomic mass is 127. The van der Waals surface area contributed by atoms with Crippen LogP contribution in [0.2, 0.25) is 0 Å². The van der Waals surface area contributed by atoms with Crippen molar-refractivity contribution in [2.24, 2.45) is 0 Å². The Morgan fingerprint density at radius 1 is 1.36 bits per heavy atom. The summed E-state index contributed by atoms with van der Waals surface area (Å²) in [4.78, 5) is 0. The lowest BCUT2D eigenvalue weighted by Gasteiger charge is -2.06. The highest BCUT2D eigenvalue weighted by Crippen LogP contribution is 2.19. The van der Waals surface area contributed by atoms with Gasteiger partial charge in [0.2, 0.25) is 0 Å². The average molecular weight is 262 g/mol. The first-order valence-corrected chi connectivity index (χ1v) is 4.60. The SMILES string of the molecule is Cc1ccc(CO)c(C)c1I. The molecule has 0 radical (unpaired) electrons. The summed E-state index contributed by atoms with van der Waals surface area (Å²) in [7, 11) is 0. The van der Waals surface area contributed by atoms with E-state index in [-0.39, 0.29) is 6.61 Å². The molecule has 0 saturated heterocycles. The van der Waals surface area contributed by atoms with E-state index in [9.17, 15) is 0 Å². The number of hydrogen-bond donors (Lipinski definition) is 1. The zero-order chi connectivity index (χ0) is 8.43. The van der Waals surface area contributed by atoms with Gasteiger partial charge in [-0.25, -0.2) is 0 Å². The summed E-state index contributed by atoms with van der Waals surface area (Å²) in [6.07, 6.45) is 0. The molecule has 0 aliphatic carbocycles. The van der Waals surface area contributed by atoms with Gasteiger partial charge < -0.3 is 5.11 Å². The summed E-state index contributed by atoms with van der Waals surface area (Å²) in [5.41, 5.74) is 3.51. The maximum absolute atomic E-state index is 8.93. The Morgan fingerprint density at radius 3 is 2.55 bits per heavy atom. The summed E-state index contributed by atoms with van der Waals surface area (Å²) in [5.74, 6) is 0. The van der Waals surface area contributed by atoms with Gasteiger partial charge in [0.25, 0.3) is 0 Å². The minimum Gasteiger partial charge on any atom is -0.392 e. The molecular weight excluding hydrogens is 251 g/mol. The first kappa shape index (κ1) is 9.00. The Hall–Kier alpha value is -0.0900. The molecule has 0 amide bonds. The van der Waals surface area contributed by atoms with Gasteiger partial charge in [0.1, 0.15) is 0 Å². The van der Waals surface area contributed by atoms with Crippen molar-refractivity contribution >= 4 is 22.6 Å². The molecule has 1 aromatic carbocycles. The fourth-order valence-corrected chi connectivity index (χ4v) is 1.56. The Balaban J connectivity index is 3.25. The molecule has 0 aromatic heterocycles. The van der Waals surface area contributed by atoms with Gasteiger partial charge >= 0.3 is 0 Å². The summed E-state index contributed by atoms with van der Waals surface area (Å²) in [6.45, 7) is 4.26. The van der Waals surface area contributed by atoms with Gasteiger partial charge in [0.15, 0.2) is 0 Å². The molecule has 1 nitrogen and oxygen atoms in total. The second-order valence-electron chi connectivity index (χ2n) is 2.64. The van der Waals surface area contributed by atoms with Gasteiger partial charge in [-0.1, -0.05) is 12.1 Å². The zero-order valence-electron chi connectivity index (χ0n) is 6.69. The van der Waals surface area contributed by atoms with Gasteiger partial charge in [-0.3, -0.25) is 0 Å². The minimum absolute atomic E-state index is 0.141. The van der Waals surface area contributed by atoms with E-state index in [1.807, 2.05) is 19.1 Å². The third-order valence-corrected chi connectivity index (χ3v) is 3.52.